The number of amides is 1. The molecule has 4 fully saturated rings. The lowest BCUT2D eigenvalue weighted by Gasteiger charge is -2.59. The first-order valence-corrected chi connectivity index (χ1v) is 9.74. The third-order valence-electron chi connectivity index (χ3n) is 7.20. The molecule has 150 valence electrons. The Labute approximate surface area is 156 Å². The van der Waals surface area contributed by atoms with Gasteiger partial charge in [0.15, 0.2) is 0 Å². The molecule has 0 aliphatic heterocycles. The maximum atomic E-state index is 13.5. The van der Waals surface area contributed by atoms with Crippen LogP contribution in [0.1, 0.15) is 57.6 Å². The Kier molecular flexibility index (Phi) is 4.37. The van der Waals surface area contributed by atoms with Gasteiger partial charge in [0.2, 0.25) is 11.5 Å². The minimum Gasteiger partial charge on any atom is -0.466 e. The third-order valence-corrected chi connectivity index (χ3v) is 7.20. The first kappa shape index (κ1) is 18.8. The predicted octanol–water partition coefficient (Wildman–Crippen LogP) is 4.14. The van der Waals surface area contributed by atoms with Gasteiger partial charge in [-0.15, -0.1) is 0 Å². The van der Waals surface area contributed by atoms with Crippen molar-refractivity contribution in [3.8, 4) is 0 Å². The smallest absolute Gasteiger partial charge is 0.425 e. The predicted molar refractivity (Wildman–Crippen MR) is 91.5 cm³/mol. The molecule has 1 amide bonds. The molecule has 0 saturated heterocycles. The molecule has 0 aromatic carbocycles. The van der Waals surface area contributed by atoms with E-state index in [4.69, 9.17) is 4.42 Å². The van der Waals surface area contributed by atoms with Crippen LogP contribution in [0.5, 0.6) is 0 Å². The van der Waals surface area contributed by atoms with Gasteiger partial charge >= 0.3 is 6.18 Å². The Hall–Kier alpha value is -1.50. The normalized spacial score (nSPS) is 35.7. The molecule has 7 heteroatoms. The molecule has 2 N–H and O–H groups in total. The van der Waals surface area contributed by atoms with E-state index in [1.165, 1.54) is 25.3 Å². The first-order chi connectivity index (χ1) is 12.6. The zero-order valence-electron chi connectivity index (χ0n) is 15.4. The molecule has 4 nitrogen and oxygen atoms in total. The summed E-state index contributed by atoms with van der Waals surface area (Å²) in [6.45, 7) is 1.91. The van der Waals surface area contributed by atoms with Crippen molar-refractivity contribution in [3.05, 3.63) is 24.2 Å². The van der Waals surface area contributed by atoms with E-state index in [1.54, 1.807) is 0 Å². The van der Waals surface area contributed by atoms with Crippen LogP contribution in [0.25, 0.3) is 0 Å². The molecular weight excluding hydrogens is 359 g/mol. The fraction of sp³-hybridized carbons (Fsp3) is 0.750. The second kappa shape index (κ2) is 6.26. The maximum absolute atomic E-state index is 13.5. The van der Waals surface area contributed by atoms with E-state index in [-0.39, 0.29) is 11.5 Å². The van der Waals surface area contributed by atoms with Crippen molar-refractivity contribution in [2.24, 2.45) is 23.2 Å². The average Bonchev–Trinajstić information content (AvgIpc) is 3.07. The Morgan fingerprint density at radius 3 is 2.26 bits per heavy atom. The molecule has 1 heterocycles. The highest BCUT2D eigenvalue weighted by molar-refractivity contribution is 5.77. The summed E-state index contributed by atoms with van der Waals surface area (Å²) in [6, 6.07) is 2.11. The summed E-state index contributed by atoms with van der Waals surface area (Å²) >= 11 is 0. The molecule has 5 rings (SSSR count). The quantitative estimate of drug-likeness (QED) is 0.801. The molecule has 4 saturated carbocycles. The van der Waals surface area contributed by atoms with E-state index in [9.17, 15) is 23.1 Å². The van der Waals surface area contributed by atoms with E-state index >= 15 is 0 Å². The third kappa shape index (κ3) is 3.18. The lowest BCUT2D eigenvalue weighted by molar-refractivity contribution is -0.273. The maximum Gasteiger partial charge on any atom is 0.425 e. The van der Waals surface area contributed by atoms with Gasteiger partial charge in [-0.25, -0.2) is 0 Å². The zero-order valence-corrected chi connectivity index (χ0v) is 15.4. The van der Waals surface area contributed by atoms with Gasteiger partial charge in [-0.05, 0) is 80.8 Å². The van der Waals surface area contributed by atoms with Crippen LogP contribution in [0.3, 0.4) is 0 Å². The minimum absolute atomic E-state index is 0.00849. The Morgan fingerprint density at radius 2 is 1.81 bits per heavy atom. The topological polar surface area (TPSA) is 62.5 Å². The summed E-state index contributed by atoms with van der Waals surface area (Å²) < 4.78 is 45.2. The Balaban J connectivity index is 1.47. The molecule has 0 unspecified atom stereocenters. The molecule has 0 spiro atoms. The van der Waals surface area contributed by atoms with Crippen LogP contribution in [0.4, 0.5) is 13.2 Å². The number of halogens is 3. The van der Waals surface area contributed by atoms with Gasteiger partial charge in [0.1, 0.15) is 5.76 Å². The number of aliphatic hydroxyl groups is 1. The molecular formula is C20H26F3NO3. The van der Waals surface area contributed by atoms with Gasteiger partial charge < -0.3 is 14.8 Å². The van der Waals surface area contributed by atoms with Crippen molar-refractivity contribution in [2.45, 2.75) is 69.7 Å². The van der Waals surface area contributed by atoms with Gasteiger partial charge in [-0.3, -0.25) is 4.79 Å². The average molecular weight is 385 g/mol. The van der Waals surface area contributed by atoms with E-state index in [0.29, 0.717) is 17.8 Å². The van der Waals surface area contributed by atoms with Gasteiger partial charge in [-0.2, -0.15) is 13.2 Å². The summed E-state index contributed by atoms with van der Waals surface area (Å²) in [5.41, 5.74) is -3.33. The number of furan rings is 1. The van der Waals surface area contributed by atoms with Gasteiger partial charge in [0.25, 0.3) is 0 Å². The van der Waals surface area contributed by atoms with Crippen molar-refractivity contribution in [2.75, 3.05) is 0 Å². The molecule has 4 bridgehead atoms. The second-order valence-corrected chi connectivity index (χ2v) is 9.08. The van der Waals surface area contributed by atoms with E-state index in [1.807, 2.05) is 6.92 Å². The van der Waals surface area contributed by atoms with Crippen molar-refractivity contribution in [1.29, 1.82) is 0 Å². The molecule has 4 aliphatic rings. The van der Waals surface area contributed by atoms with E-state index in [2.05, 4.69) is 5.32 Å². The van der Waals surface area contributed by atoms with Gasteiger partial charge in [-0.1, -0.05) is 0 Å². The fourth-order valence-electron chi connectivity index (χ4n) is 6.23. The number of alkyl halides is 3. The summed E-state index contributed by atoms with van der Waals surface area (Å²) in [6.07, 6.45) is 1.85. The number of carbonyl (C=O) groups excluding carboxylic acids is 1. The number of carbonyl (C=O) groups is 1. The highest BCUT2D eigenvalue weighted by Crippen LogP contribution is 2.61. The van der Waals surface area contributed by atoms with Crippen LogP contribution < -0.4 is 5.32 Å². The SMILES string of the molecule is C[C@H](NC(=O)C[C@](O)(c1ccco1)C(F)(F)F)C12CC3CC(CC(C3)C1)C2. The Morgan fingerprint density at radius 1 is 1.26 bits per heavy atom. The van der Waals surface area contributed by atoms with E-state index in [0.717, 1.165) is 31.6 Å². The first-order valence-electron chi connectivity index (χ1n) is 9.74. The Bertz CT molecular complexity index is 665. The van der Waals surface area contributed by atoms with Crippen LogP contribution >= 0.6 is 0 Å². The van der Waals surface area contributed by atoms with Crippen LogP contribution in [0.15, 0.2) is 22.8 Å². The summed E-state index contributed by atoms with van der Waals surface area (Å²) in [4.78, 5) is 12.5. The molecule has 1 aromatic heterocycles. The second-order valence-electron chi connectivity index (χ2n) is 9.08. The molecule has 0 radical (unpaired) electrons. The van der Waals surface area contributed by atoms with Crippen LogP contribution in [0.2, 0.25) is 0 Å². The minimum atomic E-state index is -5.01. The van der Waals surface area contributed by atoms with Gasteiger partial charge in [0, 0.05) is 6.04 Å². The van der Waals surface area contributed by atoms with Crippen molar-refractivity contribution in [3.63, 3.8) is 0 Å². The van der Waals surface area contributed by atoms with Crippen LogP contribution in [0, 0.1) is 23.2 Å². The molecule has 27 heavy (non-hydrogen) atoms. The molecule has 1 aromatic rings. The highest BCUT2D eigenvalue weighted by Gasteiger charge is 2.59. The summed E-state index contributed by atoms with van der Waals surface area (Å²) in [5.74, 6) is 0.601. The van der Waals surface area contributed by atoms with Crippen LogP contribution in [-0.2, 0) is 10.4 Å². The summed E-state index contributed by atoms with van der Waals surface area (Å²) in [7, 11) is 0. The van der Waals surface area contributed by atoms with Crippen LogP contribution in [-0.4, -0.2) is 23.2 Å². The number of nitrogens with one attached hydrogen (secondary N) is 1. The van der Waals surface area contributed by atoms with E-state index < -0.39 is 29.9 Å². The molecule has 4 aliphatic carbocycles. The fourth-order valence-corrected chi connectivity index (χ4v) is 6.23. The monoisotopic (exact) mass is 385 g/mol. The largest absolute Gasteiger partial charge is 0.466 e. The lowest BCUT2D eigenvalue weighted by atomic mass is 9.48. The molecule has 2 atom stereocenters. The standard InChI is InChI=1S/C20H26F3NO3/c1-12(18-8-13-5-14(9-18)7-15(6-13)10-18)24-17(25)11-19(26,20(21,22)23)16-3-2-4-27-16/h2-4,12-15,26H,5-11H2,1H3,(H,24,25)/t12-,13?,14?,15?,18?,19-/m0/s1. The highest BCUT2D eigenvalue weighted by atomic mass is 19.4. The summed E-state index contributed by atoms with van der Waals surface area (Å²) in [5, 5.41) is 13.0. The van der Waals surface area contributed by atoms with Crippen molar-refractivity contribution >= 4 is 5.91 Å². The van der Waals surface area contributed by atoms with Crippen molar-refractivity contribution < 1.29 is 27.5 Å². The lowest BCUT2D eigenvalue weighted by Crippen LogP contribution is -2.56. The van der Waals surface area contributed by atoms with Crippen molar-refractivity contribution in [1.82, 2.24) is 5.32 Å². The number of rotatable bonds is 5. The number of hydrogen-bond acceptors (Lipinski definition) is 3. The zero-order chi connectivity index (χ0) is 19.4. The van der Waals surface area contributed by atoms with Gasteiger partial charge in [0.05, 0.1) is 12.7 Å². The number of hydrogen-bond donors (Lipinski definition) is 2.